The average molecular weight is 306 g/mol. The molecule has 3 aromatic carbocycles. The molecule has 0 atom stereocenters. The van der Waals surface area contributed by atoms with Crippen molar-refractivity contribution in [3.8, 4) is 5.75 Å². The summed E-state index contributed by atoms with van der Waals surface area (Å²) in [7, 11) is 0. The lowest BCUT2D eigenvalue weighted by molar-refractivity contribution is 0.475. The van der Waals surface area contributed by atoms with Crippen LogP contribution in [0, 0.1) is 0 Å². The zero-order valence-electron chi connectivity index (χ0n) is 20.5. The normalized spacial score (nSPS) is 17.0. The molecule has 3 heteroatoms. The van der Waals surface area contributed by atoms with Crippen LogP contribution < -0.4 is 4.90 Å². The van der Waals surface area contributed by atoms with Gasteiger partial charge >= 0.3 is 0 Å². The van der Waals surface area contributed by atoms with Crippen LogP contribution in [0.25, 0.3) is 0 Å². The van der Waals surface area contributed by atoms with Gasteiger partial charge < -0.3 is 10.0 Å². The van der Waals surface area contributed by atoms with Gasteiger partial charge in [0.25, 0.3) is 0 Å². The smallest absolute Gasteiger partial charge is 0.134 e. The lowest BCUT2D eigenvalue weighted by Gasteiger charge is -2.25. The number of hydrogen-bond acceptors (Lipinski definition) is 2. The molecule has 0 amide bonds. The first-order valence-corrected chi connectivity index (χ1v) is 6.20. The summed E-state index contributed by atoms with van der Waals surface area (Å²) in [5.41, 5.74) is -0.863. The topological polar surface area (TPSA) is 23.5 Å². The van der Waals surface area contributed by atoms with Crippen molar-refractivity contribution in [2.45, 2.75) is 0 Å². The summed E-state index contributed by atoms with van der Waals surface area (Å²) in [5.74, 6) is -0.299. The van der Waals surface area contributed by atoms with Crippen LogP contribution in [-0.2, 0) is 0 Å². The summed E-state index contributed by atoms with van der Waals surface area (Å²) < 4.78 is 80.6. The van der Waals surface area contributed by atoms with Crippen LogP contribution in [0.2, 0.25) is 5.02 Å². The summed E-state index contributed by atoms with van der Waals surface area (Å²) in [5, 5.41) is 9.62. The third-order valence-electron chi connectivity index (χ3n) is 2.61. The number of phenols is 1. The lowest BCUT2D eigenvalue weighted by Crippen LogP contribution is -2.09. The van der Waals surface area contributed by atoms with E-state index in [9.17, 15) is 5.11 Å². The number of nitrogens with zero attached hydrogens (tertiary/aromatic N) is 1. The Kier molecular flexibility index (Phi) is 1.72. The molecule has 0 heterocycles. The van der Waals surface area contributed by atoms with Crippen molar-refractivity contribution in [2.75, 3.05) is 4.90 Å². The predicted molar refractivity (Wildman–Crippen MR) is 87.8 cm³/mol. The Labute approximate surface area is 142 Å². The van der Waals surface area contributed by atoms with E-state index in [1.165, 1.54) is 18.2 Å². The number of halogens is 1. The van der Waals surface area contributed by atoms with Crippen LogP contribution in [-0.4, -0.2) is 5.11 Å². The first-order valence-electron chi connectivity index (χ1n) is 10.8. The van der Waals surface area contributed by atoms with Gasteiger partial charge in [0.1, 0.15) is 5.75 Å². The standard InChI is InChI=1S/C18H14ClNO/c19-17-13-16(11-12-18(17)21)20(14-7-3-1-4-8-14)15-9-5-2-6-10-15/h1-13,21H/i1D,2D,3D,4D,5D,6D,7D,8D,9D,10D. The van der Waals surface area contributed by atoms with Crippen LogP contribution in [0.5, 0.6) is 5.75 Å². The van der Waals surface area contributed by atoms with Gasteiger partial charge in [0.15, 0.2) is 0 Å². The molecule has 0 radical (unpaired) electrons. The second-order valence-electron chi connectivity index (χ2n) is 3.92. The lowest BCUT2D eigenvalue weighted by atomic mass is 10.2. The van der Waals surface area contributed by atoms with Gasteiger partial charge in [-0.25, -0.2) is 0 Å². The van der Waals surface area contributed by atoms with Gasteiger partial charge in [0.05, 0.1) is 18.7 Å². The Morgan fingerprint density at radius 3 is 1.81 bits per heavy atom. The van der Waals surface area contributed by atoms with E-state index >= 15 is 0 Å². The number of rotatable bonds is 3. The second kappa shape index (κ2) is 5.90. The van der Waals surface area contributed by atoms with Crippen molar-refractivity contribution in [1.29, 1.82) is 0 Å². The number of anilines is 3. The van der Waals surface area contributed by atoms with E-state index in [4.69, 9.17) is 25.3 Å². The molecule has 0 bridgehead atoms. The van der Waals surface area contributed by atoms with E-state index in [-0.39, 0.29) is 16.5 Å². The quantitative estimate of drug-likeness (QED) is 0.689. The fraction of sp³-hybridized carbons (Fsp3) is 0. The molecule has 3 aromatic rings. The van der Waals surface area contributed by atoms with Crippen molar-refractivity contribution in [2.24, 2.45) is 0 Å². The maximum atomic E-state index is 9.77. The Hall–Kier alpha value is -2.45. The molecule has 0 unspecified atom stereocenters. The monoisotopic (exact) mass is 305 g/mol. The Bertz CT molecular complexity index is 1110. The van der Waals surface area contributed by atoms with E-state index in [1.54, 1.807) is 0 Å². The average Bonchev–Trinajstić information content (AvgIpc) is 2.74. The van der Waals surface area contributed by atoms with E-state index in [1.807, 2.05) is 0 Å². The molecule has 0 aromatic heterocycles. The first kappa shape index (κ1) is 6.12. The minimum atomic E-state index is -0.668. The number of phenolic OH excluding ortho intramolecular Hbond substituents is 1. The van der Waals surface area contributed by atoms with Crippen molar-refractivity contribution in [3.63, 3.8) is 0 Å². The zero-order chi connectivity index (χ0) is 23.4. The van der Waals surface area contributed by atoms with Crippen LogP contribution >= 0.6 is 11.6 Å². The summed E-state index contributed by atoms with van der Waals surface area (Å²) >= 11 is 6.00. The molecule has 0 saturated carbocycles. The maximum absolute atomic E-state index is 9.77. The minimum absolute atomic E-state index is 0.0138. The molecule has 0 aliphatic rings. The highest BCUT2D eigenvalue weighted by atomic mass is 35.5. The highest BCUT2D eigenvalue weighted by molar-refractivity contribution is 6.32. The molecular formula is C18H14ClNO. The van der Waals surface area contributed by atoms with Gasteiger partial charge in [-0.2, -0.15) is 0 Å². The first-order chi connectivity index (χ1) is 14.4. The van der Waals surface area contributed by atoms with Crippen LogP contribution in [0.1, 0.15) is 13.7 Å². The third-order valence-corrected chi connectivity index (χ3v) is 2.91. The van der Waals surface area contributed by atoms with E-state index in [0.717, 1.165) is 4.90 Å². The molecule has 0 aliphatic carbocycles. The van der Waals surface area contributed by atoms with E-state index in [0.29, 0.717) is 0 Å². The van der Waals surface area contributed by atoms with Crippen LogP contribution in [0.4, 0.5) is 17.1 Å². The largest absolute Gasteiger partial charge is 0.506 e. The van der Waals surface area contributed by atoms with Gasteiger partial charge in [-0.3, -0.25) is 0 Å². The summed E-state index contributed by atoms with van der Waals surface area (Å²) in [6.45, 7) is 0. The molecule has 3 rings (SSSR count). The molecule has 0 spiro atoms. The molecule has 1 N–H and O–H groups in total. The summed E-state index contributed by atoms with van der Waals surface area (Å²) in [6, 6.07) is -2.93. The van der Waals surface area contributed by atoms with E-state index < -0.39 is 71.8 Å². The molecule has 21 heavy (non-hydrogen) atoms. The third kappa shape index (κ3) is 2.86. The molecule has 0 saturated heterocycles. The minimum Gasteiger partial charge on any atom is -0.506 e. The SMILES string of the molecule is [2H]c1c([2H])c([2H])c(N(c2ccc(O)c(Cl)c2)c2c([2H])c([2H])c([2H])c([2H])c2[2H])c([2H])c1[2H]. The number of para-hydroxylation sites is 2. The van der Waals surface area contributed by atoms with Crippen molar-refractivity contribution in [3.05, 3.63) is 83.6 Å². The van der Waals surface area contributed by atoms with Gasteiger partial charge in [-0.15, -0.1) is 0 Å². The number of hydrogen-bond donors (Lipinski definition) is 1. The molecule has 2 nitrogen and oxygen atoms in total. The highest BCUT2D eigenvalue weighted by Crippen LogP contribution is 2.37. The second-order valence-corrected chi connectivity index (χ2v) is 4.33. The van der Waals surface area contributed by atoms with Crippen molar-refractivity contribution >= 4 is 28.7 Å². The fourth-order valence-electron chi connectivity index (χ4n) is 1.72. The number of aromatic hydroxyl groups is 1. The Morgan fingerprint density at radius 1 is 0.810 bits per heavy atom. The Morgan fingerprint density at radius 2 is 1.33 bits per heavy atom. The van der Waals surface area contributed by atoms with Gasteiger partial charge in [-0.05, 0) is 42.4 Å². The van der Waals surface area contributed by atoms with Crippen molar-refractivity contribution in [1.82, 2.24) is 0 Å². The highest BCUT2D eigenvalue weighted by Gasteiger charge is 2.12. The number of benzene rings is 3. The Balaban J connectivity index is 2.53. The van der Waals surface area contributed by atoms with E-state index in [2.05, 4.69) is 0 Å². The maximum Gasteiger partial charge on any atom is 0.134 e. The van der Waals surface area contributed by atoms with Crippen molar-refractivity contribution < 1.29 is 18.8 Å². The summed E-state index contributed by atoms with van der Waals surface area (Å²) in [4.78, 5) is 0.950. The van der Waals surface area contributed by atoms with Crippen LogP contribution in [0.15, 0.2) is 78.6 Å². The molecule has 0 fully saturated rings. The van der Waals surface area contributed by atoms with Gasteiger partial charge in [0.2, 0.25) is 0 Å². The van der Waals surface area contributed by atoms with Crippen LogP contribution in [0.3, 0.4) is 0 Å². The fourth-order valence-corrected chi connectivity index (χ4v) is 1.89. The zero-order valence-corrected chi connectivity index (χ0v) is 11.3. The van der Waals surface area contributed by atoms with Gasteiger partial charge in [0, 0.05) is 17.1 Å². The molecule has 0 aliphatic heterocycles. The molecular weight excluding hydrogens is 282 g/mol. The van der Waals surface area contributed by atoms with Gasteiger partial charge in [-0.1, -0.05) is 47.9 Å². The molecule has 104 valence electrons. The predicted octanol–water partition coefficient (Wildman–Crippen LogP) is 5.52. The summed E-state index contributed by atoms with van der Waals surface area (Å²) in [6.07, 6.45) is 0.